The highest BCUT2D eigenvalue weighted by atomic mass is 16.7. The number of ether oxygens (including phenoxy) is 5. The Hall–Kier alpha value is -1.85. The third kappa shape index (κ3) is 5.20. The number of nitrogens with zero attached hydrogens (tertiary/aromatic N) is 4. The lowest BCUT2D eigenvalue weighted by Crippen LogP contribution is -2.24. The first-order valence-electron chi connectivity index (χ1n) is 9.99. The molecule has 1 aliphatic rings. The molecule has 1 fully saturated rings. The molecule has 0 aliphatic carbocycles. The molecule has 29 heavy (non-hydrogen) atoms. The number of nitrogens with one attached hydrogen (secondary N) is 1. The predicted molar refractivity (Wildman–Crippen MR) is 107 cm³/mol. The van der Waals surface area contributed by atoms with Crippen molar-refractivity contribution in [2.24, 2.45) is 0 Å². The molecule has 0 amide bonds. The molecule has 2 aromatic rings. The molecule has 162 valence electrons. The largest absolute Gasteiger partial charge is 0.379 e. The van der Waals surface area contributed by atoms with Gasteiger partial charge >= 0.3 is 0 Å². The SMILES string of the molecule is CCCOCCOCCNc1nc2c(C)ncnc2n1C1CC(OC)C(OC)O1. The van der Waals surface area contributed by atoms with E-state index in [0.29, 0.717) is 44.4 Å². The molecule has 0 radical (unpaired) electrons. The Balaban J connectivity index is 1.69. The Morgan fingerprint density at radius 2 is 1.93 bits per heavy atom. The molecule has 0 bridgehead atoms. The van der Waals surface area contributed by atoms with Gasteiger partial charge in [-0.25, -0.2) is 15.0 Å². The Labute approximate surface area is 170 Å². The van der Waals surface area contributed by atoms with Crippen LogP contribution in [0.15, 0.2) is 6.33 Å². The van der Waals surface area contributed by atoms with Gasteiger partial charge in [0, 0.05) is 33.8 Å². The van der Waals surface area contributed by atoms with E-state index in [1.54, 1.807) is 14.2 Å². The molecular formula is C19H31N5O5. The van der Waals surface area contributed by atoms with E-state index in [0.717, 1.165) is 24.2 Å². The molecule has 3 atom stereocenters. The maximum Gasteiger partial charge on any atom is 0.207 e. The molecule has 0 aromatic carbocycles. The molecule has 3 heterocycles. The van der Waals surface area contributed by atoms with Gasteiger partial charge in [0.15, 0.2) is 11.9 Å². The van der Waals surface area contributed by atoms with Crippen molar-refractivity contribution in [3.05, 3.63) is 12.0 Å². The second kappa shape index (κ2) is 10.8. The van der Waals surface area contributed by atoms with Gasteiger partial charge in [-0.15, -0.1) is 0 Å². The molecule has 0 saturated carbocycles. The average Bonchev–Trinajstić information content (AvgIpc) is 3.31. The maximum absolute atomic E-state index is 6.06. The van der Waals surface area contributed by atoms with Crippen LogP contribution in [0.2, 0.25) is 0 Å². The topological polar surface area (TPSA) is 102 Å². The van der Waals surface area contributed by atoms with Crippen molar-refractivity contribution in [2.75, 3.05) is 52.5 Å². The Morgan fingerprint density at radius 1 is 1.14 bits per heavy atom. The smallest absolute Gasteiger partial charge is 0.207 e. The number of imidazole rings is 1. The zero-order valence-corrected chi connectivity index (χ0v) is 17.6. The molecular weight excluding hydrogens is 378 g/mol. The van der Waals surface area contributed by atoms with Crippen molar-refractivity contribution < 1.29 is 23.7 Å². The summed E-state index contributed by atoms with van der Waals surface area (Å²) in [5, 5.41) is 3.33. The summed E-state index contributed by atoms with van der Waals surface area (Å²) >= 11 is 0. The summed E-state index contributed by atoms with van der Waals surface area (Å²) in [6.45, 7) is 7.07. The van der Waals surface area contributed by atoms with Gasteiger partial charge in [-0.3, -0.25) is 4.57 Å². The number of rotatable bonds is 12. The van der Waals surface area contributed by atoms with Crippen LogP contribution in [0, 0.1) is 6.92 Å². The van der Waals surface area contributed by atoms with Gasteiger partial charge in [-0.05, 0) is 13.3 Å². The standard InChI is InChI=1S/C19H31N5O5/c1-5-7-27-9-10-28-8-6-20-19-23-16-13(2)21-12-22-17(16)24(19)15-11-14(25-3)18(26-4)29-15/h12,14-15,18H,5-11H2,1-4H3,(H,20,23). The number of aromatic nitrogens is 4. The van der Waals surface area contributed by atoms with Crippen LogP contribution < -0.4 is 5.32 Å². The van der Waals surface area contributed by atoms with E-state index in [2.05, 4.69) is 22.2 Å². The number of hydrogen-bond donors (Lipinski definition) is 1. The van der Waals surface area contributed by atoms with Crippen molar-refractivity contribution in [3.63, 3.8) is 0 Å². The van der Waals surface area contributed by atoms with Crippen molar-refractivity contribution in [3.8, 4) is 0 Å². The fraction of sp³-hybridized carbons (Fsp3) is 0.737. The van der Waals surface area contributed by atoms with E-state index < -0.39 is 6.29 Å². The Morgan fingerprint density at radius 3 is 2.62 bits per heavy atom. The summed E-state index contributed by atoms with van der Waals surface area (Å²) in [6.07, 6.45) is 2.26. The first-order valence-corrected chi connectivity index (χ1v) is 9.99. The zero-order chi connectivity index (χ0) is 20.6. The predicted octanol–water partition coefficient (Wildman–Crippen LogP) is 1.90. The quantitative estimate of drug-likeness (QED) is 0.527. The van der Waals surface area contributed by atoms with E-state index in [4.69, 9.17) is 28.7 Å². The van der Waals surface area contributed by atoms with Crippen molar-refractivity contribution in [2.45, 2.75) is 45.3 Å². The third-order valence-electron chi connectivity index (χ3n) is 4.76. The second-order valence-corrected chi connectivity index (χ2v) is 6.79. The lowest BCUT2D eigenvalue weighted by Gasteiger charge is -2.17. The Kier molecular flexibility index (Phi) is 8.13. The first kappa shape index (κ1) is 21.8. The van der Waals surface area contributed by atoms with E-state index in [1.165, 1.54) is 6.33 Å². The van der Waals surface area contributed by atoms with Crippen molar-refractivity contribution in [1.29, 1.82) is 0 Å². The molecule has 10 nitrogen and oxygen atoms in total. The van der Waals surface area contributed by atoms with Crippen molar-refractivity contribution >= 4 is 17.1 Å². The van der Waals surface area contributed by atoms with Crippen LogP contribution in [0.5, 0.6) is 0 Å². The highest BCUT2D eigenvalue weighted by molar-refractivity contribution is 5.76. The van der Waals surface area contributed by atoms with Crippen LogP contribution in [0.4, 0.5) is 5.95 Å². The number of aryl methyl sites for hydroxylation is 1. The summed E-state index contributed by atoms with van der Waals surface area (Å²) in [6, 6.07) is 0. The molecule has 3 rings (SSSR count). The fourth-order valence-electron chi connectivity index (χ4n) is 3.31. The third-order valence-corrected chi connectivity index (χ3v) is 4.76. The highest BCUT2D eigenvalue weighted by Gasteiger charge is 2.38. The first-order chi connectivity index (χ1) is 14.2. The average molecular weight is 409 g/mol. The minimum Gasteiger partial charge on any atom is -0.379 e. The lowest BCUT2D eigenvalue weighted by molar-refractivity contribution is -0.165. The monoisotopic (exact) mass is 409 g/mol. The number of anilines is 1. The highest BCUT2D eigenvalue weighted by Crippen LogP contribution is 2.35. The molecule has 0 spiro atoms. The molecule has 3 unspecified atom stereocenters. The molecule has 2 aromatic heterocycles. The van der Waals surface area contributed by atoms with Crippen LogP contribution >= 0.6 is 0 Å². The molecule has 1 N–H and O–H groups in total. The normalized spacial score (nSPS) is 21.9. The number of hydrogen-bond acceptors (Lipinski definition) is 9. The van der Waals surface area contributed by atoms with E-state index in [9.17, 15) is 0 Å². The maximum atomic E-state index is 6.06. The van der Waals surface area contributed by atoms with Gasteiger partial charge < -0.3 is 29.0 Å². The van der Waals surface area contributed by atoms with Crippen molar-refractivity contribution in [1.82, 2.24) is 19.5 Å². The van der Waals surface area contributed by atoms with Crippen LogP contribution in [0.3, 0.4) is 0 Å². The van der Waals surface area contributed by atoms with Crippen LogP contribution in [-0.2, 0) is 23.7 Å². The molecule has 1 aliphatic heterocycles. The summed E-state index contributed by atoms with van der Waals surface area (Å²) < 4.78 is 29.9. The van der Waals surface area contributed by atoms with Gasteiger partial charge in [0.05, 0.1) is 25.5 Å². The summed E-state index contributed by atoms with van der Waals surface area (Å²) in [4.78, 5) is 13.4. The lowest BCUT2D eigenvalue weighted by atomic mass is 10.2. The van der Waals surface area contributed by atoms with E-state index in [-0.39, 0.29) is 12.3 Å². The molecule has 10 heteroatoms. The minimum atomic E-state index is -0.440. The van der Waals surface area contributed by atoms with Gasteiger partial charge in [0.2, 0.25) is 5.95 Å². The summed E-state index contributed by atoms with van der Waals surface area (Å²) in [7, 11) is 3.26. The van der Waals surface area contributed by atoms with Gasteiger partial charge in [-0.2, -0.15) is 0 Å². The minimum absolute atomic E-state index is 0.162. The van der Waals surface area contributed by atoms with Gasteiger partial charge in [-0.1, -0.05) is 6.92 Å². The van der Waals surface area contributed by atoms with Crippen LogP contribution in [-0.4, -0.2) is 79.1 Å². The molecule has 1 saturated heterocycles. The van der Waals surface area contributed by atoms with Crippen LogP contribution in [0.25, 0.3) is 11.2 Å². The summed E-state index contributed by atoms with van der Waals surface area (Å²) in [5.74, 6) is 0.658. The fourth-order valence-corrected chi connectivity index (χ4v) is 3.31. The van der Waals surface area contributed by atoms with E-state index in [1.807, 2.05) is 11.5 Å². The Bertz CT molecular complexity index is 759. The number of methoxy groups -OCH3 is 2. The van der Waals surface area contributed by atoms with Crippen LogP contribution in [0.1, 0.15) is 31.7 Å². The second-order valence-electron chi connectivity index (χ2n) is 6.79. The zero-order valence-electron chi connectivity index (χ0n) is 17.6. The van der Waals surface area contributed by atoms with Gasteiger partial charge in [0.1, 0.15) is 24.2 Å². The van der Waals surface area contributed by atoms with E-state index >= 15 is 0 Å². The number of fused-ring (bicyclic) bond motifs is 1. The summed E-state index contributed by atoms with van der Waals surface area (Å²) in [5.41, 5.74) is 2.26. The van der Waals surface area contributed by atoms with Gasteiger partial charge in [0.25, 0.3) is 0 Å².